The molecule has 154 valence electrons. The summed E-state index contributed by atoms with van der Waals surface area (Å²) in [7, 11) is 0. The predicted octanol–water partition coefficient (Wildman–Crippen LogP) is 4.14. The van der Waals surface area contributed by atoms with Gasteiger partial charge in [0.1, 0.15) is 0 Å². The van der Waals surface area contributed by atoms with Crippen molar-refractivity contribution in [2.75, 3.05) is 13.1 Å². The third-order valence-electron chi connectivity index (χ3n) is 5.56. The number of furan rings is 1. The number of amides is 1. The van der Waals surface area contributed by atoms with Crippen molar-refractivity contribution in [2.45, 2.75) is 38.6 Å². The Balaban J connectivity index is 1.30. The number of benzene rings is 1. The molecular weight excluding hydrogens is 382 g/mol. The minimum absolute atomic E-state index is 0.229. The summed E-state index contributed by atoms with van der Waals surface area (Å²) in [6, 6.07) is 9.40. The summed E-state index contributed by atoms with van der Waals surface area (Å²) < 4.78 is 12.6. The van der Waals surface area contributed by atoms with Crippen LogP contribution in [0.4, 0.5) is 0 Å². The van der Waals surface area contributed by atoms with Crippen molar-refractivity contribution < 1.29 is 13.7 Å². The molecule has 3 aromatic heterocycles. The van der Waals surface area contributed by atoms with Gasteiger partial charge in [-0.1, -0.05) is 18.0 Å². The fourth-order valence-electron chi connectivity index (χ4n) is 3.92. The van der Waals surface area contributed by atoms with Crippen LogP contribution in [0, 0.1) is 0 Å². The molecule has 0 spiro atoms. The number of imidazole rings is 1. The smallest absolute Gasteiger partial charge is 0.293 e. The van der Waals surface area contributed by atoms with Crippen LogP contribution in [0.5, 0.6) is 0 Å². The Hall–Kier alpha value is -3.42. The fourth-order valence-corrected chi connectivity index (χ4v) is 3.92. The second-order valence-electron chi connectivity index (χ2n) is 7.59. The first-order chi connectivity index (χ1) is 14.8. The number of aromatic nitrogens is 4. The molecule has 0 aliphatic carbocycles. The Morgan fingerprint density at radius 2 is 1.97 bits per heavy atom. The van der Waals surface area contributed by atoms with E-state index in [4.69, 9.17) is 8.94 Å². The molecule has 0 atom stereocenters. The standard InChI is InChI=1S/C22H23N5O3/c28-20(26-10-3-1-2-4-11-26)9-12-27-15-23-17-14-16(7-8-18(17)27)21-24-22(30-25-21)19-6-5-13-29-19/h5-8,13-15H,1-4,9-12H2. The third-order valence-corrected chi connectivity index (χ3v) is 5.56. The molecule has 1 aliphatic rings. The Morgan fingerprint density at radius 1 is 1.10 bits per heavy atom. The summed E-state index contributed by atoms with van der Waals surface area (Å²) in [5.74, 6) is 1.59. The molecule has 8 nitrogen and oxygen atoms in total. The largest absolute Gasteiger partial charge is 0.459 e. The molecule has 0 radical (unpaired) electrons. The summed E-state index contributed by atoms with van der Waals surface area (Å²) in [4.78, 5) is 23.5. The molecule has 0 N–H and O–H groups in total. The van der Waals surface area contributed by atoms with Gasteiger partial charge in [0.2, 0.25) is 11.7 Å². The normalized spacial score (nSPS) is 14.9. The van der Waals surface area contributed by atoms with E-state index in [0.717, 1.165) is 42.5 Å². The summed E-state index contributed by atoms with van der Waals surface area (Å²) in [6.07, 6.45) is 8.51. The second-order valence-corrected chi connectivity index (χ2v) is 7.59. The maximum absolute atomic E-state index is 12.6. The number of aryl methyl sites for hydroxylation is 1. The Kier molecular flexibility index (Phi) is 5.04. The Bertz CT molecular complexity index is 1140. The van der Waals surface area contributed by atoms with Gasteiger partial charge in [0.05, 0.1) is 23.6 Å². The molecule has 4 heterocycles. The number of carbonyl (C=O) groups excluding carboxylic acids is 1. The number of fused-ring (bicyclic) bond motifs is 1. The van der Waals surface area contributed by atoms with Crippen LogP contribution in [0.2, 0.25) is 0 Å². The highest BCUT2D eigenvalue weighted by Gasteiger charge is 2.17. The van der Waals surface area contributed by atoms with Crippen molar-refractivity contribution in [3.8, 4) is 23.0 Å². The molecule has 8 heteroatoms. The van der Waals surface area contributed by atoms with Gasteiger partial charge in [-0.3, -0.25) is 4.79 Å². The molecular formula is C22H23N5O3. The monoisotopic (exact) mass is 405 g/mol. The van der Waals surface area contributed by atoms with Gasteiger partial charge in [-0.2, -0.15) is 4.98 Å². The van der Waals surface area contributed by atoms with Crippen LogP contribution in [0.15, 0.2) is 51.9 Å². The van der Waals surface area contributed by atoms with E-state index in [2.05, 4.69) is 15.1 Å². The van der Waals surface area contributed by atoms with Crippen LogP contribution in [0.25, 0.3) is 34.1 Å². The lowest BCUT2D eigenvalue weighted by molar-refractivity contribution is -0.131. The Morgan fingerprint density at radius 3 is 2.77 bits per heavy atom. The average Bonchev–Trinajstić information content (AvgIpc) is 3.49. The summed E-state index contributed by atoms with van der Waals surface area (Å²) in [6.45, 7) is 2.39. The van der Waals surface area contributed by atoms with Gasteiger partial charge < -0.3 is 18.4 Å². The summed E-state index contributed by atoms with van der Waals surface area (Å²) in [5, 5.41) is 4.04. The van der Waals surface area contributed by atoms with E-state index in [1.165, 1.54) is 12.8 Å². The number of carbonyl (C=O) groups is 1. The van der Waals surface area contributed by atoms with Crippen molar-refractivity contribution in [1.29, 1.82) is 0 Å². The molecule has 1 amide bonds. The maximum atomic E-state index is 12.6. The van der Waals surface area contributed by atoms with Crippen molar-refractivity contribution in [2.24, 2.45) is 0 Å². The lowest BCUT2D eigenvalue weighted by Crippen LogP contribution is -2.32. The van der Waals surface area contributed by atoms with Gasteiger partial charge in [-0.25, -0.2) is 4.98 Å². The molecule has 0 unspecified atom stereocenters. The minimum atomic E-state index is 0.229. The van der Waals surface area contributed by atoms with Crippen LogP contribution in [-0.4, -0.2) is 43.6 Å². The van der Waals surface area contributed by atoms with Gasteiger partial charge in [-0.05, 0) is 43.2 Å². The quantitative estimate of drug-likeness (QED) is 0.496. The molecule has 5 rings (SSSR count). The SMILES string of the molecule is O=C(CCn1cnc2cc(-c3noc(-c4ccco4)n3)ccc21)N1CCCCCC1. The molecule has 1 aromatic carbocycles. The van der Waals surface area contributed by atoms with Gasteiger partial charge in [0, 0.05) is 31.6 Å². The van der Waals surface area contributed by atoms with Crippen LogP contribution >= 0.6 is 0 Å². The molecule has 1 fully saturated rings. The highest BCUT2D eigenvalue weighted by molar-refractivity contribution is 5.81. The predicted molar refractivity (Wildman–Crippen MR) is 110 cm³/mol. The molecule has 30 heavy (non-hydrogen) atoms. The molecule has 0 bridgehead atoms. The summed E-state index contributed by atoms with van der Waals surface area (Å²) in [5.41, 5.74) is 2.63. The van der Waals surface area contributed by atoms with Gasteiger partial charge in [0.25, 0.3) is 5.89 Å². The van der Waals surface area contributed by atoms with Crippen LogP contribution in [-0.2, 0) is 11.3 Å². The highest BCUT2D eigenvalue weighted by Crippen LogP contribution is 2.25. The number of nitrogens with zero attached hydrogens (tertiary/aromatic N) is 5. The van der Waals surface area contributed by atoms with Crippen molar-refractivity contribution in [3.05, 3.63) is 42.9 Å². The number of likely N-dealkylation sites (tertiary alicyclic amines) is 1. The Labute approximate surface area is 173 Å². The topological polar surface area (TPSA) is 90.2 Å². The zero-order valence-electron chi connectivity index (χ0n) is 16.7. The van der Waals surface area contributed by atoms with E-state index < -0.39 is 0 Å². The maximum Gasteiger partial charge on any atom is 0.293 e. The van der Waals surface area contributed by atoms with E-state index in [-0.39, 0.29) is 5.91 Å². The van der Waals surface area contributed by atoms with Crippen LogP contribution in [0.3, 0.4) is 0 Å². The number of rotatable bonds is 5. The number of hydrogen-bond donors (Lipinski definition) is 0. The molecule has 0 saturated carbocycles. The lowest BCUT2D eigenvalue weighted by Gasteiger charge is -2.20. The average molecular weight is 405 g/mol. The summed E-state index contributed by atoms with van der Waals surface area (Å²) >= 11 is 0. The van der Waals surface area contributed by atoms with Gasteiger partial charge in [-0.15, -0.1) is 0 Å². The van der Waals surface area contributed by atoms with E-state index >= 15 is 0 Å². The van der Waals surface area contributed by atoms with Crippen molar-refractivity contribution >= 4 is 16.9 Å². The van der Waals surface area contributed by atoms with Crippen molar-refractivity contribution in [3.63, 3.8) is 0 Å². The lowest BCUT2D eigenvalue weighted by atomic mass is 10.2. The fraction of sp³-hybridized carbons (Fsp3) is 0.364. The highest BCUT2D eigenvalue weighted by atomic mass is 16.5. The van der Waals surface area contributed by atoms with E-state index in [1.54, 1.807) is 24.7 Å². The van der Waals surface area contributed by atoms with Crippen molar-refractivity contribution in [1.82, 2.24) is 24.6 Å². The zero-order chi connectivity index (χ0) is 20.3. The first-order valence-corrected chi connectivity index (χ1v) is 10.4. The third kappa shape index (κ3) is 3.72. The molecule has 1 aliphatic heterocycles. The first-order valence-electron chi connectivity index (χ1n) is 10.4. The molecule has 1 saturated heterocycles. The van der Waals surface area contributed by atoms with E-state index in [1.807, 2.05) is 27.7 Å². The second kappa shape index (κ2) is 8.14. The van der Waals surface area contributed by atoms with Crippen LogP contribution in [0.1, 0.15) is 32.1 Å². The molecule has 4 aromatic rings. The van der Waals surface area contributed by atoms with Gasteiger partial charge in [0.15, 0.2) is 5.76 Å². The zero-order valence-corrected chi connectivity index (χ0v) is 16.7. The number of hydrogen-bond acceptors (Lipinski definition) is 6. The first kappa shape index (κ1) is 18.6. The minimum Gasteiger partial charge on any atom is -0.459 e. The van der Waals surface area contributed by atoms with Gasteiger partial charge >= 0.3 is 0 Å². The van der Waals surface area contributed by atoms with E-state index in [0.29, 0.717) is 30.4 Å². The van der Waals surface area contributed by atoms with E-state index in [9.17, 15) is 4.79 Å². The van der Waals surface area contributed by atoms with Crippen LogP contribution < -0.4 is 0 Å².